The fourth-order valence-corrected chi connectivity index (χ4v) is 2.89. The van der Waals surface area contributed by atoms with Crippen molar-refractivity contribution in [2.24, 2.45) is 0 Å². The lowest BCUT2D eigenvalue weighted by Gasteiger charge is -2.19. The normalized spacial score (nSPS) is 12.0. The molecule has 0 aromatic carbocycles. The SMILES string of the molecule is Cc1cc(C)n([C@H](C)CNC(=O)N(C)Cc2cc(-c3cccnc3)no2)n1. The van der Waals surface area contributed by atoms with Crippen LogP contribution in [0.15, 0.2) is 41.2 Å². The van der Waals surface area contributed by atoms with E-state index < -0.39 is 0 Å². The van der Waals surface area contributed by atoms with E-state index in [-0.39, 0.29) is 12.1 Å². The minimum atomic E-state index is -0.178. The first kappa shape index (κ1) is 18.6. The van der Waals surface area contributed by atoms with Crippen LogP contribution in [0.5, 0.6) is 0 Å². The van der Waals surface area contributed by atoms with Crippen LogP contribution >= 0.6 is 0 Å². The number of pyridine rings is 1. The minimum absolute atomic E-state index is 0.0681. The van der Waals surface area contributed by atoms with E-state index in [1.54, 1.807) is 24.3 Å². The lowest BCUT2D eigenvalue weighted by Crippen LogP contribution is -2.39. The number of nitrogens with zero attached hydrogens (tertiary/aromatic N) is 5. The minimum Gasteiger partial charge on any atom is -0.359 e. The Kier molecular flexibility index (Phi) is 5.54. The predicted molar refractivity (Wildman–Crippen MR) is 101 cm³/mol. The number of hydrogen-bond acceptors (Lipinski definition) is 5. The van der Waals surface area contributed by atoms with Crippen LogP contribution in [-0.2, 0) is 6.54 Å². The predicted octanol–water partition coefficient (Wildman–Crippen LogP) is 2.95. The average molecular weight is 368 g/mol. The van der Waals surface area contributed by atoms with Gasteiger partial charge >= 0.3 is 6.03 Å². The molecule has 1 N–H and O–H groups in total. The first-order chi connectivity index (χ1) is 12.9. The molecular formula is C19H24N6O2. The smallest absolute Gasteiger partial charge is 0.317 e. The molecule has 0 radical (unpaired) electrons. The summed E-state index contributed by atoms with van der Waals surface area (Å²) in [5.41, 5.74) is 3.62. The number of aromatic nitrogens is 4. The second kappa shape index (κ2) is 8.03. The van der Waals surface area contributed by atoms with E-state index in [0.717, 1.165) is 17.0 Å². The monoisotopic (exact) mass is 368 g/mol. The summed E-state index contributed by atoms with van der Waals surface area (Å²) in [7, 11) is 1.72. The van der Waals surface area contributed by atoms with Crippen molar-refractivity contribution < 1.29 is 9.32 Å². The molecule has 0 spiro atoms. The molecule has 8 heteroatoms. The Morgan fingerprint density at radius 3 is 2.85 bits per heavy atom. The van der Waals surface area contributed by atoms with Gasteiger partial charge in [-0.25, -0.2) is 4.79 Å². The second-order valence-electron chi connectivity index (χ2n) is 6.68. The van der Waals surface area contributed by atoms with Crippen LogP contribution in [0.1, 0.15) is 30.1 Å². The number of carbonyl (C=O) groups is 1. The van der Waals surface area contributed by atoms with Gasteiger partial charge in [-0.15, -0.1) is 0 Å². The number of rotatable bonds is 6. The van der Waals surface area contributed by atoms with E-state index in [0.29, 0.717) is 24.5 Å². The highest BCUT2D eigenvalue weighted by atomic mass is 16.5. The van der Waals surface area contributed by atoms with Gasteiger partial charge in [0.05, 0.1) is 18.3 Å². The Labute approximate surface area is 158 Å². The lowest BCUT2D eigenvalue weighted by atomic mass is 10.2. The molecule has 0 aliphatic rings. The van der Waals surface area contributed by atoms with Crippen molar-refractivity contribution in [2.75, 3.05) is 13.6 Å². The molecule has 27 heavy (non-hydrogen) atoms. The van der Waals surface area contributed by atoms with E-state index in [9.17, 15) is 4.79 Å². The summed E-state index contributed by atoms with van der Waals surface area (Å²) >= 11 is 0. The highest BCUT2D eigenvalue weighted by Gasteiger charge is 2.15. The standard InChI is InChI=1S/C19H24N6O2/c1-13-8-14(2)25(22-13)15(3)10-21-19(26)24(4)12-17-9-18(23-27-17)16-6-5-7-20-11-16/h5-9,11,15H,10,12H2,1-4H3,(H,21,26)/t15-/m1/s1. The summed E-state index contributed by atoms with van der Waals surface area (Å²) in [6.45, 7) is 6.81. The molecule has 3 rings (SSSR count). The molecule has 0 saturated carbocycles. The maximum Gasteiger partial charge on any atom is 0.317 e. The van der Waals surface area contributed by atoms with E-state index in [1.165, 1.54) is 0 Å². The number of hydrogen-bond donors (Lipinski definition) is 1. The number of nitrogens with one attached hydrogen (secondary N) is 1. The number of carbonyl (C=O) groups excluding carboxylic acids is 1. The summed E-state index contributed by atoms with van der Waals surface area (Å²) in [6, 6.07) is 7.48. The van der Waals surface area contributed by atoms with Crippen molar-refractivity contribution in [1.82, 2.24) is 30.1 Å². The summed E-state index contributed by atoms with van der Waals surface area (Å²) in [5.74, 6) is 0.609. The van der Waals surface area contributed by atoms with Gasteiger partial charge in [-0.2, -0.15) is 5.10 Å². The van der Waals surface area contributed by atoms with E-state index in [1.807, 2.05) is 49.7 Å². The summed E-state index contributed by atoms with van der Waals surface area (Å²) in [4.78, 5) is 18.0. The Bertz CT molecular complexity index is 902. The van der Waals surface area contributed by atoms with E-state index in [4.69, 9.17) is 4.52 Å². The molecule has 0 aliphatic carbocycles. The molecule has 0 aliphatic heterocycles. The van der Waals surface area contributed by atoms with Crippen molar-refractivity contribution >= 4 is 6.03 Å². The second-order valence-corrected chi connectivity index (χ2v) is 6.68. The summed E-state index contributed by atoms with van der Waals surface area (Å²) < 4.78 is 7.26. The molecule has 0 bridgehead atoms. The van der Waals surface area contributed by atoms with Crippen molar-refractivity contribution in [2.45, 2.75) is 33.4 Å². The molecule has 3 aromatic heterocycles. The van der Waals surface area contributed by atoms with Crippen molar-refractivity contribution in [3.05, 3.63) is 53.8 Å². The van der Waals surface area contributed by atoms with E-state index in [2.05, 4.69) is 20.6 Å². The van der Waals surface area contributed by atoms with Crippen molar-refractivity contribution in [1.29, 1.82) is 0 Å². The van der Waals surface area contributed by atoms with Crippen LogP contribution < -0.4 is 5.32 Å². The zero-order valence-corrected chi connectivity index (χ0v) is 16.0. The van der Waals surface area contributed by atoms with Crippen LogP contribution in [0.25, 0.3) is 11.3 Å². The first-order valence-corrected chi connectivity index (χ1v) is 8.81. The number of aryl methyl sites for hydroxylation is 2. The quantitative estimate of drug-likeness (QED) is 0.722. The van der Waals surface area contributed by atoms with Crippen LogP contribution in [0.4, 0.5) is 4.79 Å². The molecule has 3 heterocycles. The van der Waals surface area contributed by atoms with Gasteiger partial charge in [0.25, 0.3) is 0 Å². The third kappa shape index (κ3) is 4.52. The summed E-state index contributed by atoms with van der Waals surface area (Å²) in [5, 5.41) is 11.4. The van der Waals surface area contributed by atoms with E-state index >= 15 is 0 Å². The third-order valence-corrected chi connectivity index (χ3v) is 4.27. The molecule has 2 amide bonds. The fraction of sp³-hybridized carbons (Fsp3) is 0.368. The Morgan fingerprint density at radius 1 is 1.37 bits per heavy atom. The maximum atomic E-state index is 12.4. The average Bonchev–Trinajstić information content (AvgIpc) is 3.26. The molecule has 0 fully saturated rings. The molecule has 0 saturated heterocycles. The van der Waals surface area contributed by atoms with Gasteiger partial charge in [0.1, 0.15) is 5.69 Å². The fourth-order valence-electron chi connectivity index (χ4n) is 2.89. The van der Waals surface area contributed by atoms with Crippen LogP contribution in [0, 0.1) is 13.8 Å². The Balaban J connectivity index is 1.53. The van der Waals surface area contributed by atoms with Crippen LogP contribution in [0.2, 0.25) is 0 Å². The van der Waals surface area contributed by atoms with Gasteiger partial charge in [-0.05, 0) is 39.0 Å². The largest absolute Gasteiger partial charge is 0.359 e. The summed E-state index contributed by atoms with van der Waals surface area (Å²) in [6.07, 6.45) is 3.42. The lowest BCUT2D eigenvalue weighted by molar-refractivity contribution is 0.199. The molecule has 3 aromatic rings. The topological polar surface area (TPSA) is 89.1 Å². The Morgan fingerprint density at radius 2 is 2.19 bits per heavy atom. The molecular weight excluding hydrogens is 344 g/mol. The Hall–Kier alpha value is -3.16. The van der Waals surface area contributed by atoms with Crippen LogP contribution in [0.3, 0.4) is 0 Å². The molecule has 1 atom stereocenters. The molecule has 142 valence electrons. The zero-order chi connectivity index (χ0) is 19.4. The maximum absolute atomic E-state index is 12.4. The van der Waals surface area contributed by atoms with Gasteiger partial charge in [0.2, 0.25) is 0 Å². The number of urea groups is 1. The van der Waals surface area contributed by atoms with Gasteiger partial charge < -0.3 is 14.7 Å². The zero-order valence-electron chi connectivity index (χ0n) is 16.0. The van der Waals surface area contributed by atoms with Crippen molar-refractivity contribution in [3.8, 4) is 11.3 Å². The highest BCUT2D eigenvalue weighted by Crippen LogP contribution is 2.18. The molecule has 8 nitrogen and oxygen atoms in total. The van der Waals surface area contributed by atoms with Crippen molar-refractivity contribution in [3.63, 3.8) is 0 Å². The van der Waals surface area contributed by atoms with Crippen LogP contribution in [-0.4, -0.2) is 44.4 Å². The van der Waals surface area contributed by atoms with Gasteiger partial charge in [-0.1, -0.05) is 5.16 Å². The number of amides is 2. The van der Waals surface area contributed by atoms with Gasteiger partial charge in [-0.3, -0.25) is 9.67 Å². The van der Waals surface area contributed by atoms with Gasteiger partial charge in [0.15, 0.2) is 5.76 Å². The first-order valence-electron chi connectivity index (χ1n) is 8.81. The highest BCUT2D eigenvalue weighted by molar-refractivity contribution is 5.73. The molecule has 0 unspecified atom stereocenters. The van der Waals surface area contributed by atoms with Gasteiger partial charge in [0, 0.05) is 43.3 Å². The third-order valence-electron chi connectivity index (χ3n) is 4.27.